The summed E-state index contributed by atoms with van der Waals surface area (Å²) in [6, 6.07) is 13.5. The molecule has 2 rings (SSSR count). The molecule has 0 radical (unpaired) electrons. The fourth-order valence-electron chi connectivity index (χ4n) is 2.19. The van der Waals surface area contributed by atoms with Crippen molar-refractivity contribution in [1.82, 2.24) is 5.32 Å². The van der Waals surface area contributed by atoms with Crippen LogP contribution in [0.4, 0.5) is 5.69 Å². The predicted molar refractivity (Wildman–Crippen MR) is 104 cm³/mol. The second kappa shape index (κ2) is 8.96. The van der Waals surface area contributed by atoms with E-state index >= 15 is 0 Å². The summed E-state index contributed by atoms with van der Waals surface area (Å²) in [5, 5.41) is 5.49. The zero-order chi connectivity index (χ0) is 19.1. The first-order valence-corrected chi connectivity index (χ1v) is 8.38. The van der Waals surface area contributed by atoms with Crippen molar-refractivity contribution >= 4 is 34.9 Å². The van der Waals surface area contributed by atoms with Crippen LogP contribution in [0.5, 0.6) is 5.75 Å². The summed E-state index contributed by atoms with van der Waals surface area (Å²) in [4.78, 5) is 24.2. The van der Waals surface area contributed by atoms with Crippen molar-refractivity contribution in [2.75, 3.05) is 12.4 Å². The average molecular weight is 372 g/mol. The molecule has 2 aromatic carbocycles. The number of ether oxygens (including phenoxy) is 2. The quantitative estimate of drug-likeness (QED) is 0.619. The molecular weight excluding hydrogens is 352 g/mol. The monoisotopic (exact) mass is 372 g/mol. The number of amides is 1. The summed E-state index contributed by atoms with van der Waals surface area (Å²) in [5.41, 5.74) is 1.18. The van der Waals surface area contributed by atoms with Crippen LogP contribution >= 0.6 is 12.2 Å². The van der Waals surface area contributed by atoms with Gasteiger partial charge in [-0.25, -0.2) is 4.79 Å². The molecule has 2 aromatic rings. The molecule has 0 saturated heterocycles. The topological polar surface area (TPSA) is 76.7 Å². The number of anilines is 1. The maximum Gasteiger partial charge on any atom is 0.339 e. The number of rotatable bonds is 5. The molecule has 1 amide bonds. The molecule has 6 nitrogen and oxygen atoms in total. The Balaban J connectivity index is 2.07. The molecule has 136 valence electrons. The lowest BCUT2D eigenvalue weighted by Gasteiger charge is -2.13. The highest BCUT2D eigenvalue weighted by atomic mass is 32.1. The Bertz CT molecular complexity index is 821. The van der Waals surface area contributed by atoms with Gasteiger partial charge in [0.05, 0.1) is 24.5 Å². The van der Waals surface area contributed by atoms with E-state index in [9.17, 15) is 9.59 Å². The number of hydrogen-bond donors (Lipinski definition) is 2. The molecule has 0 atom stereocenters. The molecule has 26 heavy (non-hydrogen) atoms. The van der Waals surface area contributed by atoms with E-state index in [0.29, 0.717) is 22.6 Å². The smallest absolute Gasteiger partial charge is 0.339 e. The van der Waals surface area contributed by atoms with Crippen LogP contribution in [0.3, 0.4) is 0 Å². The Morgan fingerprint density at radius 1 is 1.08 bits per heavy atom. The van der Waals surface area contributed by atoms with Gasteiger partial charge in [-0.2, -0.15) is 0 Å². The van der Waals surface area contributed by atoms with E-state index in [0.717, 1.165) is 0 Å². The van der Waals surface area contributed by atoms with Crippen LogP contribution in [-0.2, 0) is 4.74 Å². The van der Waals surface area contributed by atoms with Crippen molar-refractivity contribution in [3.05, 3.63) is 59.7 Å². The van der Waals surface area contributed by atoms with E-state index in [1.165, 1.54) is 7.11 Å². The number of methoxy groups -OCH3 is 1. The third-order valence-electron chi connectivity index (χ3n) is 3.28. The van der Waals surface area contributed by atoms with Gasteiger partial charge < -0.3 is 14.8 Å². The maximum atomic E-state index is 12.4. The zero-order valence-electron chi connectivity index (χ0n) is 14.7. The Hall–Kier alpha value is -2.93. The molecule has 2 N–H and O–H groups in total. The molecule has 0 aromatic heterocycles. The number of carbonyl (C=O) groups excluding carboxylic acids is 2. The molecule has 7 heteroatoms. The van der Waals surface area contributed by atoms with Crippen molar-refractivity contribution in [3.8, 4) is 5.75 Å². The number of carbonyl (C=O) groups is 2. The largest absolute Gasteiger partial charge is 0.491 e. The minimum atomic E-state index is -0.499. The minimum Gasteiger partial charge on any atom is -0.491 e. The lowest BCUT2D eigenvalue weighted by molar-refractivity contribution is 0.0602. The number of nitrogens with one attached hydrogen (secondary N) is 2. The molecular formula is C19H20N2O4S. The fraction of sp³-hybridized carbons (Fsp3) is 0.211. The van der Waals surface area contributed by atoms with Gasteiger partial charge in [0.25, 0.3) is 5.91 Å². The van der Waals surface area contributed by atoms with Crippen LogP contribution in [0.25, 0.3) is 0 Å². The molecule has 0 bridgehead atoms. The van der Waals surface area contributed by atoms with E-state index in [1.54, 1.807) is 48.5 Å². The Labute approximate surface area is 157 Å². The van der Waals surface area contributed by atoms with Crippen molar-refractivity contribution < 1.29 is 19.1 Å². The normalized spacial score (nSPS) is 10.2. The highest BCUT2D eigenvalue weighted by Crippen LogP contribution is 2.17. The molecule has 0 aliphatic carbocycles. The summed E-state index contributed by atoms with van der Waals surface area (Å²) in [7, 11) is 1.30. The first-order chi connectivity index (χ1) is 12.4. The number of benzene rings is 2. The van der Waals surface area contributed by atoms with Crippen molar-refractivity contribution in [1.29, 1.82) is 0 Å². The SMILES string of the molecule is COC(=O)c1ccccc1NC(=S)NC(=O)c1cccc(OC(C)C)c1. The summed E-state index contributed by atoms with van der Waals surface area (Å²) < 4.78 is 10.3. The van der Waals surface area contributed by atoms with Crippen molar-refractivity contribution in [2.24, 2.45) is 0 Å². The third-order valence-corrected chi connectivity index (χ3v) is 3.48. The van der Waals surface area contributed by atoms with Gasteiger partial charge in [0.15, 0.2) is 5.11 Å². The number of thiocarbonyl (C=S) groups is 1. The van der Waals surface area contributed by atoms with Gasteiger partial charge in [0.1, 0.15) is 5.75 Å². The first kappa shape index (κ1) is 19.4. The van der Waals surface area contributed by atoms with Gasteiger partial charge in [-0.05, 0) is 56.4 Å². The van der Waals surface area contributed by atoms with Crippen LogP contribution in [0, 0.1) is 0 Å². The van der Waals surface area contributed by atoms with E-state index in [4.69, 9.17) is 21.7 Å². The molecule has 0 heterocycles. The second-order valence-electron chi connectivity index (χ2n) is 5.64. The van der Waals surface area contributed by atoms with E-state index < -0.39 is 5.97 Å². The molecule has 0 saturated carbocycles. The molecule has 0 aliphatic rings. The molecule has 0 fully saturated rings. The van der Waals surface area contributed by atoms with E-state index in [2.05, 4.69) is 10.6 Å². The lowest BCUT2D eigenvalue weighted by atomic mass is 10.2. The number of esters is 1. The highest BCUT2D eigenvalue weighted by molar-refractivity contribution is 7.80. The Morgan fingerprint density at radius 2 is 1.81 bits per heavy atom. The van der Waals surface area contributed by atoms with E-state index in [1.807, 2.05) is 13.8 Å². The zero-order valence-corrected chi connectivity index (χ0v) is 15.6. The second-order valence-corrected chi connectivity index (χ2v) is 6.05. The van der Waals surface area contributed by atoms with Gasteiger partial charge in [-0.15, -0.1) is 0 Å². The average Bonchev–Trinajstić information content (AvgIpc) is 2.61. The van der Waals surface area contributed by atoms with Gasteiger partial charge in [-0.1, -0.05) is 18.2 Å². The summed E-state index contributed by atoms with van der Waals surface area (Å²) in [6.07, 6.45) is 0.00544. The number of hydrogen-bond acceptors (Lipinski definition) is 5. The Kier molecular flexibility index (Phi) is 6.68. The number of para-hydroxylation sites is 1. The van der Waals surface area contributed by atoms with Crippen molar-refractivity contribution in [2.45, 2.75) is 20.0 Å². The minimum absolute atomic E-state index is 0.00544. The van der Waals surface area contributed by atoms with Crippen LogP contribution < -0.4 is 15.4 Å². The van der Waals surface area contributed by atoms with Gasteiger partial charge in [0, 0.05) is 5.56 Å². The van der Waals surface area contributed by atoms with E-state index in [-0.39, 0.29) is 17.1 Å². The third kappa shape index (κ3) is 5.29. The molecule has 0 aliphatic heterocycles. The van der Waals surface area contributed by atoms with Crippen LogP contribution in [-0.4, -0.2) is 30.2 Å². The predicted octanol–water partition coefficient (Wildman–Crippen LogP) is 3.39. The highest BCUT2D eigenvalue weighted by Gasteiger charge is 2.14. The van der Waals surface area contributed by atoms with Crippen molar-refractivity contribution in [3.63, 3.8) is 0 Å². The summed E-state index contributed by atoms with van der Waals surface area (Å²) in [6.45, 7) is 3.81. The Morgan fingerprint density at radius 3 is 2.50 bits per heavy atom. The summed E-state index contributed by atoms with van der Waals surface area (Å²) >= 11 is 5.17. The summed E-state index contributed by atoms with van der Waals surface area (Å²) in [5.74, 6) is -0.282. The molecule has 0 unspecified atom stereocenters. The van der Waals surface area contributed by atoms with Crippen LogP contribution in [0.15, 0.2) is 48.5 Å². The van der Waals surface area contributed by atoms with Gasteiger partial charge in [0.2, 0.25) is 0 Å². The first-order valence-electron chi connectivity index (χ1n) is 7.97. The lowest BCUT2D eigenvalue weighted by Crippen LogP contribution is -2.34. The van der Waals surface area contributed by atoms with Crippen LogP contribution in [0.2, 0.25) is 0 Å². The van der Waals surface area contributed by atoms with Gasteiger partial charge in [-0.3, -0.25) is 10.1 Å². The fourth-order valence-corrected chi connectivity index (χ4v) is 2.39. The van der Waals surface area contributed by atoms with Gasteiger partial charge >= 0.3 is 5.97 Å². The standard InChI is InChI=1S/C19H20N2O4S/c1-12(2)25-14-8-6-7-13(11-14)17(22)21-19(26)20-16-10-5-4-9-15(16)18(23)24-3/h4-12H,1-3H3,(H2,20,21,22,26). The molecule has 0 spiro atoms. The maximum absolute atomic E-state index is 12.4. The van der Waals surface area contributed by atoms with Crippen LogP contribution in [0.1, 0.15) is 34.6 Å².